The molecule has 0 saturated carbocycles. The van der Waals surface area contributed by atoms with Gasteiger partial charge in [-0.3, -0.25) is 0 Å². The monoisotopic (exact) mass is 252 g/mol. The molecule has 0 bridgehead atoms. The highest BCUT2D eigenvalue weighted by atomic mass is 16.6. The van der Waals surface area contributed by atoms with Crippen LogP contribution in [0.4, 0.5) is 5.82 Å². The lowest BCUT2D eigenvalue weighted by molar-refractivity contribution is -0.389. The molecule has 1 aromatic heterocycles. The summed E-state index contributed by atoms with van der Waals surface area (Å²) in [6.07, 6.45) is 8.49. The Labute approximate surface area is 109 Å². The average Bonchev–Trinajstić information content (AvgIpc) is 2.73. The van der Waals surface area contributed by atoms with Crippen molar-refractivity contribution < 1.29 is 4.92 Å². The third-order valence-electron chi connectivity index (χ3n) is 3.21. The van der Waals surface area contributed by atoms with Crippen molar-refractivity contribution in [2.75, 3.05) is 0 Å². The number of nitrogens with one attached hydrogen (secondary N) is 1. The van der Waals surface area contributed by atoms with Crippen LogP contribution in [0.1, 0.15) is 63.6 Å². The Bertz CT molecular complexity index is 372. The third kappa shape index (κ3) is 4.51. The maximum Gasteiger partial charge on any atom is 0.324 e. The van der Waals surface area contributed by atoms with E-state index in [1.54, 1.807) is 0 Å². The smallest absolute Gasteiger partial charge is 0.324 e. The largest absolute Gasteiger partial charge is 0.358 e. The lowest BCUT2D eigenvalue weighted by atomic mass is 10.1. The van der Waals surface area contributed by atoms with E-state index in [1.165, 1.54) is 12.8 Å². The number of rotatable bonds is 9. The van der Waals surface area contributed by atoms with Gasteiger partial charge in [0.2, 0.25) is 0 Å². The van der Waals surface area contributed by atoms with Gasteiger partial charge >= 0.3 is 5.82 Å². The molecule has 1 N–H and O–H groups in total. The van der Waals surface area contributed by atoms with Crippen molar-refractivity contribution in [1.29, 1.82) is 0 Å². The Hall–Kier alpha value is -1.32. The van der Waals surface area contributed by atoms with Crippen LogP contribution in [0.15, 0.2) is 6.07 Å². The van der Waals surface area contributed by atoms with Gasteiger partial charge in [0.05, 0.1) is 0 Å². The van der Waals surface area contributed by atoms with E-state index in [1.807, 2.05) is 6.07 Å². The first-order valence-electron chi connectivity index (χ1n) is 7.04. The molecule has 0 atom stereocenters. The van der Waals surface area contributed by atoms with Gasteiger partial charge in [-0.15, -0.1) is 0 Å². The van der Waals surface area contributed by atoms with Gasteiger partial charge in [-0.05, 0) is 30.3 Å². The Morgan fingerprint density at radius 3 is 2.28 bits per heavy atom. The minimum atomic E-state index is -0.287. The fourth-order valence-electron chi connectivity index (χ4n) is 2.17. The lowest BCUT2D eigenvalue weighted by Crippen LogP contribution is -1.93. The summed E-state index contributed by atoms with van der Waals surface area (Å²) < 4.78 is 0. The first-order chi connectivity index (χ1) is 8.69. The van der Waals surface area contributed by atoms with Crippen LogP contribution in [-0.4, -0.2) is 9.91 Å². The fourth-order valence-corrected chi connectivity index (χ4v) is 2.17. The molecule has 0 aromatic carbocycles. The summed E-state index contributed by atoms with van der Waals surface area (Å²) in [5, 5.41) is 11.0. The zero-order chi connectivity index (χ0) is 13.4. The van der Waals surface area contributed by atoms with E-state index in [4.69, 9.17) is 0 Å². The van der Waals surface area contributed by atoms with Gasteiger partial charge in [0.1, 0.15) is 5.69 Å². The molecule has 4 nitrogen and oxygen atoms in total. The number of nitrogens with zero attached hydrogens (tertiary/aromatic N) is 1. The number of H-pyrrole nitrogens is 1. The van der Waals surface area contributed by atoms with Crippen molar-refractivity contribution in [3.05, 3.63) is 27.4 Å². The van der Waals surface area contributed by atoms with Crippen LogP contribution in [0, 0.1) is 10.1 Å². The van der Waals surface area contributed by atoms with Gasteiger partial charge in [0.15, 0.2) is 0 Å². The Morgan fingerprint density at radius 2 is 1.72 bits per heavy atom. The number of nitro groups is 1. The quantitative estimate of drug-likeness (QED) is 0.402. The molecule has 0 aliphatic carbocycles. The molecular weight excluding hydrogens is 228 g/mol. The third-order valence-corrected chi connectivity index (χ3v) is 3.21. The molecule has 0 amide bonds. The second-order valence-corrected chi connectivity index (χ2v) is 4.84. The minimum Gasteiger partial charge on any atom is -0.358 e. The second-order valence-electron chi connectivity index (χ2n) is 4.84. The number of unbranched alkanes of at least 4 members (excludes halogenated alkanes) is 4. The number of hydrogen-bond donors (Lipinski definition) is 1. The fraction of sp³-hybridized carbons (Fsp3) is 0.714. The van der Waals surface area contributed by atoms with Crippen molar-refractivity contribution in [3.63, 3.8) is 0 Å². The molecule has 102 valence electrons. The molecule has 1 rings (SSSR count). The summed E-state index contributed by atoms with van der Waals surface area (Å²) in [6, 6.07) is 1.99. The SMILES string of the molecule is CCCCCc1cc(CCCCC)c([N+](=O)[O-])[nH]1. The van der Waals surface area contributed by atoms with Gasteiger partial charge in [-0.2, -0.15) is 0 Å². The van der Waals surface area contributed by atoms with E-state index in [0.717, 1.165) is 49.8 Å². The maximum absolute atomic E-state index is 11.0. The summed E-state index contributed by atoms with van der Waals surface area (Å²) in [5.41, 5.74) is 1.89. The van der Waals surface area contributed by atoms with Crippen LogP contribution in [0.25, 0.3) is 0 Å². The van der Waals surface area contributed by atoms with Crippen LogP contribution in [0.5, 0.6) is 0 Å². The van der Waals surface area contributed by atoms with Gasteiger partial charge in [0, 0.05) is 12.0 Å². The summed E-state index contributed by atoms with van der Waals surface area (Å²) in [5.74, 6) is 0.206. The maximum atomic E-state index is 11.0. The molecule has 0 saturated heterocycles. The molecule has 1 aromatic rings. The molecular formula is C14H24N2O2. The molecule has 0 aliphatic heterocycles. The summed E-state index contributed by atoms with van der Waals surface area (Å²) in [6.45, 7) is 4.30. The molecule has 0 aliphatic rings. The van der Waals surface area contributed by atoms with Crippen molar-refractivity contribution in [1.82, 2.24) is 4.98 Å². The van der Waals surface area contributed by atoms with Crippen LogP contribution in [0.2, 0.25) is 0 Å². The molecule has 1 heterocycles. The van der Waals surface area contributed by atoms with E-state index >= 15 is 0 Å². The molecule has 18 heavy (non-hydrogen) atoms. The zero-order valence-electron chi connectivity index (χ0n) is 11.5. The van der Waals surface area contributed by atoms with Crippen LogP contribution in [-0.2, 0) is 12.8 Å². The van der Waals surface area contributed by atoms with E-state index in [2.05, 4.69) is 18.8 Å². The van der Waals surface area contributed by atoms with Gasteiger partial charge in [-0.1, -0.05) is 39.5 Å². The average molecular weight is 252 g/mol. The standard InChI is InChI=1S/C14H24N2O2/c1-3-5-7-9-12-11-13(10-8-6-4-2)15-14(12)16(17)18/h11,15H,3-10H2,1-2H3. The Morgan fingerprint density at radius 1 is 1.11 bits per heavy atom. The van der Waals surface area contributed by atoms with Gasteiger partial charge < -0.3 is 10.1 Å². The van der Waals surface area contributed by atoms with Gasteiger partial charge in [-0.25, -0.2) is 4.98 Å². The summed E-state index contributed by atoms with van der Waals surface area (Å²) in [7, 11) is 0. The van der Waals surface area contributed by atoms with Crippen molar-refractivity contribution in [2.45, 2.75) is 65.2 Å². The van der Waals surface area contributed by atoms with Crippen molar-refractivity contribution >= 4 is 5.82 Å². The lowest BCUT2D eigenvalue weighted by Gasteiger charge is -1.97. The highest BCUT2D eigenvalue weighted by Crippen LogP contribution is 2.22. The van der Waals surface area contributed by atoms with Gasteiger partial charge in [0.25, 0.3) is 0 Å². The normalized spacial score (nSPS) is 10.8. The first kappa shape index (κ1) is 14.7. The van der Waals surface area contributed by atoms with Crippen LogP contribution >= 0.6 is 0 Å². The first-order valence-corrected chi connectivity index (χ1v) is 7.04. The summed E-state index contributed by atoms with van der Waals surface area (Å²) >= 11 is 0. The minimum absolute atomic E-state index is 0.206. The molecule has 0 fully saturated rings. The highest BCUT2D eigenvalue weighted by molar-refractivity contribution is 5.37. The molecule has 4 heteroatoms. The topological polar surface area (TPSA) is 58.9 Å². The van der Waals surface area contributed by atoms with E-state index in [9.17, 15) is 10.1 Å². The number of aromatic nitrogens is 1. The Kier molecular flexibility index (Phi) is 6.47. The highest BCUT2D eigenvalue weighted by Gasteiger charge is 2.16. The summed E-state index contributed by atoms with van der Waals surface area (Å²) in [4.78, 5) is 13.7. The molecule has 0 radical (unpaired) electrons. The zero-order valence-corrected chi connectivity index (χ0v) is 11.5. The molecule has 0 unspecified atom stereocenters. The predicted octanol–water partition coefficient (Wildman–Crippen LogP) is 4.39. The Balaban J connectivity index is 2.64. The van der Waals surface area contributed by atoms with Crippen molar-refractivity contribution in [3.8, 4) is 0 Å². The van der Waals surface area contributed by atoms with E-state index < -0.39 is 0 Å². The number of hydrogen-bond acceptors (Lipinski definition) is 2. The predicted molar refractivity (Wildman–Crippen MR) is 73.9 cm³/mol. The van der Waals surface area contributed by atoms with E-state index in [-0.39, 0.29) is 10.7 Å². The molecule has 0 spiro atoms. The second kappa shape index (κ2) is 7.90. The van der Waals surface area contributed by atoms with Crippen LogP contribution in [0.3, 0.4) is 0 Å². The van der Waals surface area contributed by atoms with E-state index in [0.29, 0.717) is 0 Å². The van der Waals surface area contributed by atoms with Crippen molar-refractivity contribution in [2.24, 2.45) is 0 Å². The van der Waals surface area contributed by atoms with Crippen LogP contribution < -0.4 is 0 Å². The number of aryl methyl sites for hydroxylation is 2. The number of aromatic amines is 1.